The first kappa shape index (κ1) is 13.8. The molecule has 1 rings (SSSR count). The summed E-state index contributed by atoms with van der Waals surface area (Å²) in [6.07, 6.45) is 3.67. The minimum absolute atomic E-state index is 0.124. The van der Waals surface area contributed by atoms with Gasteiger partial charge >= 0.3 is 0 Å². The van der Waals surface area contributed by atoms with Gasteiger partial charge in [-0.2, -0.15) is 5.10 Å². The van der Waals surface area contributed by atoms with Crippen LogP contribution in [0.3, 0.4) is 0 Å². The summed E-state index contributed by atoms with van der Waals surface area (Å²) < 4.78 is 0. The van der Waals surface area contributed by atoms with Crippen LogP contribution in [0.4, 0.5) is 5.69 Å². The molecule has 1 aromatic rings. The third kappa shape index (κ3) is 5.20. The maximum absolute atomic E-state index is 11.6. The molecule has 6 heteroatoms. The van der Waals surface area contributed by atoms with Crippen LogP contribution in [0, 0.1) is 0 Å². The second-order valence-corrected chi connectivity index (χ2v) is 3.70. The average molecular weight is 248 g/mol. The third-order valence-electron chi connectivity index (χ3n) is 2.05. The molecule has 0 unspecified atom stereocenters. The van der Waals surface area contributed by atoms with Gasteiger partial charge in [0.2, 0.25) is 11.8 Å². The monoisotopic (exact) mass is 248 g/mol. The number of hydrazone groups is 1. The Morgan fingerprint density at radius 1 is 1.39 bits per heavy atom. The van der Waals surface area contributed by atoms with E-state index in [4.69, 9.17) is 0 Å². The molecule has 0 atom stereocenters. The molecule has 96 valence electrons. The van der Waals surface area contributed by atoms with Crippen molar-refractivity contribution in [3.05, 3.63) is 24.5 Å². The van der Waals surface area contributed by atoms with Crippen LogP contribution in [0.1, 0.15) is 26.7 Å². The number of carbonyl (C=O) groups excluding carboxylic acids is 2. The number of pyridine rings is 1. The Morgan fingerprint density at radius 3 is 2.78 bits per heavy atom. The van der Waals surface area contributed by atoms with Crippen molar-refractivity contribution in [2.24, 2.45) is 5.10 Å². The highest BCUT2D eigenvalue weighted by atomic mass is 16.2. The van der Waals surface area contributed by atoms with Crippen molar-refractivity contribution in [2.45, 2.75) is 26.7 Å². The molecule has 0 saturated heterocycles. The van der Waals surface area contributed by atoms with Crippen molar-refractivity contribution in [1.29, 1.82) is 0 Å². The van der Waals surface area contributed by atoms with E-state index in [2.05, 4.69) is 20.8 Å². The predicted molar refractivity (Wildman–Crippen MR) is 69.0 cm³/mol. The Bertz CT molecular complexity index is 443. The second kappa shape index (κ2) is 7.16. The van der Waals surface area contributed by atoms with Crippen LogP contribution < -0.4 is 10.7 Å². The topological polar surface area (TPSA) is 83.5 Å². The standard InChI is InChI=1S/C12H16N4O2/c1-3-11(17)16-15-9(2)7-12(18)14-10-5-4-6-13-8-10/h4-6,8H,3,7H2,1-2H3,(H,14,18)(H,16,17)/b15-9+. The van der Waals surface area contributed by atoms with Crippen molar-refractivity contribution in [2.75, 3.05) is 5.32 Å². The van der Waals surface area contributed by atoms with E-state index in [9.17, 15) is 9.59 Å². The zero-order valence-electron chi connectivity index (χ0n) is 10.4. The molecule has 1 aromatic heterocycles. The number of aromatic nitrogens is 1. The molecule has 1 heterocycles. The van der Waals surface area contributed by atoms with E-state index >= 15 is 0 Å². The van der Waals surface area contributed by atoms with Crippen LogP contribution in [0.25, 0.3) is 0 Å². The van der Waals surface area contributed by atoms with Gasteiger partial charge in [0, 0.05) is 18.3 Å². The minimum Gasteiger partial charge on any atom is -0.324 e. The Hall–Kier alpha value is -2.24. The molecule has 0 aromatic carbocycles. The Kier molecular flexibility index (Phi) is 5.50. The molecule has 0 bridgehead atoms. The first-order valence-corrected chi connectivity index (χ1v) is 5.63. The lowest BCUT2D eigenvalue weighted by molar-refractivity contribution is -0.121. The van der Waals surface area contributed by atoms with E-state index in [1.165, 1.54) is 0 Å². The summed E-state index contributed by atoms with van der Waals surface area (Å²) in [6, 6.07) is 3.48. The first-order chi connectivity index (χ1) is 8.61. The fraction of sp³-hybridized carbons (Fsp3) is 0.333. The third-order valence-corrected chi connectivity index (χ3v) is 2.05. The average Bonchev–Trinajstić information content (AvgIpc) is 2.37. The molecule has 6 nitrogen and oxygen atoms in total. The van der Waals surface area contributed by atoms with Crippen molar-refractivity contribution in [1.82, 2.24) is 10.4 Å². The number of hydrogen-bond donors (Lipinski definition) is 2. The summed E-state index contributed by atoms with van der Waals surface area (Å²) in [6.45, 7) is 3.41. The van der Waals surface area contributed by atoms with Crippen molar-refractivity contribution in [3.8, 4) is 0 Å². The normalized spacial score (nSPS) is 10.9. The van der Waals surface area contributed by atoms with Crippen LogP contribution >= 0.6 is 0 Å². The largest absolute Gasteiger partial charge is 0.324 e. The van der Waals surface area contributed by atoms with Gasteiger partial charge in [0.05, 0.1) is 18.3 Å². The minimum atomic E-state index is -0.199. The first-order valence-electron chi connectivity index (χ1n) is 5.63. The van der Waals surface area contributed by atoms with E-state index in [0.29, 0.717) is 17.8 Å². The molecule has 0 spiro atoms. The van der Waals surface area contributed by atoms with Crippen LogP contribution in [-0.4, -0.2) is 22.5 Å². The van der Waals surface area contributed by atoms with Gasteiger partial charge in [0.15, 0.2) is 0 Å². The molecule has 0 radical (unpaired) electrons. The quantitative estimate of drug-likeness (QED) is 0.608. The van der Waals surface area contributed by atoms with Gasteiger partial charge < -0.3 is 5.32 Å². The molecule has 0 aliphatic carbocycles. The van der Waals surface area contributed by atoms with Crippen LogP contribution in [-0.2, 0) is 9.59 Å². The molecule has 0 fully saturated rings. The van der Waals surface area contributed by atoms with E-state index in [1.54, 1.807) is 38.4 Å². The number of rotatable bonds is 5. The fourth-order valence-electron chi connectivity index (χ4n) is 1.15. The summed E-state index contributed by atoms with van der Waals surface area (Å²) in [5.41, 5.74) is 3.53. The number of amides is 2. The zero-order valence-corrected chi connectivity index (χ0v) is 10.4. The molecule has 2 amide bonds. The lowest BCUT2D eigenvalue weighted by atomic mass is 10.3. The SMILES string of the molecule is CCC(=O)N/N=C(\C)CC(=O)Nc1cccnc1. The maximum atomic E-state index is 11.6. The molecule has 0 saturated carbocycles. The van der Waals surface area contributed by atoms with Gasteiger partial charge in [0.25, 0.3) is 0 Å². The second-order valence-electron chi connectivity index (χ2n) is 3.70. The van der Waals surface area contributed by atoms with Gasteiger partial charge in [-0.3, -0.25) is 14.6 Å². The number of nitrogens with zero attached hydrogens (tertiary/aromatic N) is 2. The highest BCUT2D eigenvalue weighted by Crippen LogP contribution is 2.03. The lowest BCUT2D eigenvalue weighted by Crippen LogP contribution is -2.20. The summed E-state index contributed by atoms with van der Waals surface area (Å²) in [4.78, 5) is 26.5. The molecular weight excluding hydrogens is 232 g/mol. The van der Waals surface area contributed by atoms with Crippen molar-refractivity contribution in [3.63, 3.8) is 0 Å². The van der Waals surface area contributed by atoms with Crippen molar-refractivity contribution >= 4 is 23.2 Å². The molecule has 0 aliphatic heterocycles. The van der Waals surface area contributed by atoms with Crippen molar-refractivity contribution < 1.29 is 9.59 Å². The summed E-state index contributed by atoms with van der Waals surface area (Å²) >= 11 is 0. The summed E-state index contributed by atoms with van der Waals surface area (Å²) in [5.74, 6) is -0.378. The molecule has 2 N–H and O–H groups in total. The highest BCUT2D eigenvalue weighted by molar-refractivity contribution is 6.05. The van der Waals surface area contributed by atoms with E-state index in [0.717, 1.165) is 0 Å². The molecule has 18 heavy (non-hydrogen) atoms. The predicted octanol–water partition coefficient (Wildman–Crippen LogP) is 1.31. The number of anilines is 1. The van der Waals surface area contributed by atoms with Gasteiger partial charge in [-0.15, -0.1) is 0 Å². The Labute approximate surface area is 105 Å². The number of hydrogen-bond acceptors (Lipinski definition) is 4. The zero-order chi connectivity index (χ0) is 13.4. The van der Waals surface area contributed by atoms with Gasteiger partial charge in [-0.1, -0.05) is 6.92 Å². The Morgan fingerprint density at radius 2 is 2.17 bits per heavy atom. The Balaban J connectivity index is 2.42. The smallest absolute Gasteiger partial charge is 0.239 e. The van der Waals surface area contributed by atoms with Gasteiger partial charge in [0.1, 0.15) is 0 Å². The molecular formula is C12H16N4O2. The highest BCUT2D eigenvalue weighted by Gasteiger charge is 2.04. The van der Waals surface area contributed by atoms with Gasteiger partial charge in [-0.25, -0.2) is 5.43 Å². The van der Waals surface area contributed by atoms with Crippen LogP contribution in [0.15, 0.2) is 29.6 Å². The lowest BCUT2D eigenvalue weighted by Gasteiger charge is -2.04. The van der Waals surface area contributed by atoms with E-state index in [-0.39, 0.29) is 18.2 Å². The molecule has 0 aliphatic rings. The summed E-state index contributed by atoms with van der Waals surface area (Å²) in [5, 5.41) is 6.50. The number of carbonyl (C=O) groups is 2. The van der Waals surface area contributed by atoms with Gasteiger partial charge in [-0.05, 0) is 19.1 Å². The van der Waals surface area contributed by atoms with E-state index in [1.807, 2.05) is 0 Å². The fourth-order valence-corrected chi connectivity index (χ4v) is 1.15. The maximum Gasteiger partial charge on any atom is 0.239 e. The summed E-state index contributed by atoms with van der Waals surface area (Å²) in [7, 11) is 0. The van der Waals surface area contributed by atoms with Crippen LogP contribution in [0.5, 0.6) is 0 Å². The number of nitrogens with one attached hydrogen (secondary N) is 2. The van der Waals surface area contributed by atoms with E-state index < -0.39 is 0 Å². The van der Waals surface area contributed by atoms with Crippen LogP contribution in [0.2, 0.25) is 0 Å².